The summed E-state index contributed by atoms with van der Waals surface area (Å²) in [6.45, 7) is 12.9. The quantitative estimate of drug-likeness (QED) is 0.553. The molecule has 1 fully saturated rings. The van der Waals surface area contributed by atoms with Crippen LogP contribution in [0, 0.1) is 5.92 Å². The van der Waals surface area contributed by atoms with Gasteiger partial charge in [0.1, 0.15) is 0 Å². The first-order valence-electron chi connectivity index (χ1n) is 8.12. The molecule has 114 valence electrons. The number of hydrogen-bond acceptors (Lipinski definition) is 1. The van der Waals surface area contributed by atoms with Gasteiger partial charge in [-0.15, -0.1) is 0 Å². The molecule has 1 aliphatic rings. The summed E-state index contributed by atoms with van der Waals surface area (Å²) in [6.07, 6.45) is 5.89. The van der Waals surface area contributed by atoms with Crippen LogP contribution in [0.15, 0.2) is 53.8 Å². The Balaban J connectivity index is 2.10. The molecule has 0 aromatic heterocycles. The molecule has 0 unspecified atom stereocenters. The summed E-state index contributed by atoms with van der Waals surface area (Å²) in [4.78, 5) is 2.59. The summed E-state index contributed by atoms with van der Waals surface area (Å²) < 4.78 is 0. The van der Waals surface area contributed by atoms with Gasteiger partial charge in [-0.25, -0.2) is 0 Å². The SMILES string of the molecule is CC/C=C/[C@H]1CN(Cc2ccccc2)C/C1=C\[Si](C)(C)C. The Morgan fingerprint density at radius 1 is 1.19 bits per heavy atom. The van der Waals surface area contributed by atoms with E-state index in [0.717, 1.165) is 19.5 Å². The predicted octanol–water partition coefficient (Wildman–Crippen LogP) is 4.89. The number of allylic oxidation sites excluding steroid dienone is 1. The first-order chi connectivity index (χ1) is 9.98. The molecular formula is C19H29NSi. The van der Waals surface area contributed by atoms with Crippen LogP contribution in [0.25, 0.3) is 0 Å². The molecule has 2 rings (SSSR count). The molecule has 1 heterocycles. The molecule has 1 aliphatic heterocycles. The highest BCUT2D eigenvalue weighted by Gasteiger charge is 2.27. The van der Waals surface area contributed by atoms with Crippen LogP contribution in [0.5, 0.6) is 0 Å². The van der Waals surface area contributed by atoms with Gasteiger partial charge in [-0.2, -0.15) is 0 Å². The van der Waals surface area contributed by atoms with Crippen molar-refractivity contribution in [3.8, 4) is 0 Å². The second-order valence-corrected chi connectivity index (χ2v) is 12.2. The van der Waals surface area contributed by atoms with Crippen LogP contribution in [0.2, 0.25) is 19.6 Å². The van der Waals surface area contributed by atoms with Crippen LogP contribution in [0.3, 0.4) is 0 Å². The van der Waals surface area contributed by atoms with E-state index in [0.29, 0.717) is 5.92 Å². The van der Waals surface area contributed by atoms with Crippen molar-refractivity contribution >= 4 is 8.07 Å². The van der Waals surface area contributed by atoms with Crippen molar-refractivity contribution in [1.29, 1.82) is 0 Å². The van der Waals surface area contributed by atoms with Crippen LogP contribution in [-0.2, 0) is 6.54 Å². The Kier molecular flexibility index (Phi) is 5.60. The third-order valence-corrected chi connectivity index (χ3v) is 5.05. The van der Waals surface area contributed by atoms with E-state index in [-0.39, 0.29) is 0 Å². The highest BCUT2D eigenvalue weighted by Crippen LogP contribution is 2.27. The van der Waals surface area contributed by atoms with Crippen LogP contribution in [-0.4, -0.2) is 26.1 Å². The first-order valence-corrected chi connectivity index (χ1v) is 11.7. The molecule has 21 heavy (non-hydrogen) atoms. The maximum atomic E-state index is 2.61. The van der Waals surface area contributed by atoms with Crippen molar-refractivity contribution in [2.45, 2.75) is 39.5 Å². The van der Waals surface area contributed by atoms with Crippen molar-refractivity contribution in [3.05, 3.63) is 59.3 Å². The Morgan fingerprint density at radius 2 is 1.90 bits per heavy atom. The summed E-state index contributed by atoms with van der Waals surface area (Å²) in [5, 5.41) is 0. The highest BCUT2D eigenvalue weighted by atomic mass is 28.3. The van der Waals surface area contributed by atoms with Crippen LogP contribution in [0.4, 0.5) is 0 Å². The van der Waals surface area contributed by atoms with Gasteiger partial charge >= 0.3 is 0 Å². The number of rotatable bonds is 5. The smallest absolute Gasteiger partial charge is 0.0687 e. The molecule has 0 spiro atoms. The average molecular weight is 300 g/mol. The molecule has 0 bridgehead atoms. The predicted molar refractivity (Wildman–Crippen MR) is 96.1 cm³/mol. The lowest BCUT2D eigenvalue weighted by Gasteiger charge is -2.15. The second-order valence-electron chi connectivity index (χ2n) is 7.18. The van der Waals surface area contributed by atoms with E-state index in [2.05, 4.69) is 79.6 Å². The fourth-order valence-electron chi connectivity index (χ4n) is 2.99. The minimum Gasteiger partial charge on any atom is -0.294 e. The zero-order valence-electron chi connectivity index (χ0n) is 14.0. The fraction of sp³-hybridized carbons (Fsp3) is 0.474. The van der Waals surface area contributed by atoms with Crippen molar-refractivity contribution in [3.63, 3.8) is 0 Å². The van der Waals surface area contributed by atoms with Crippen LogP contribution >= 0.6 is 0 Å². The lowest BCUT2D eigenvalue weighted by molar-refractivity contribution is 0.327. The molecule has 1 nitrogen and oxygen atoms in total. The van der Waals surface area contributed by atoms with Crippen LogP contribution in [0.1, 0.15) is 18.9 Å². The summed E-state index contributed by atoms with van der Waals surface area (Å²) >= 11 is 0. The van der Waals surface area contributed by atoms with Gasteiger partial charge in [0, 0.05) is 25.6 Å². The van der Waals surface area contributed by atoms with Crippen molar-refractivity contribution in [1.82, 2.24) is 4.90 Å². The van der Waals surface area contributed by atoms with Crippen molar-refractivity contribution in [2.75, 3.05) is 13.1 Å². The van der Waals surface area contributed by atoms with Gasteiger partial charge in [-0.05, 0) is 12.0 Å². The highest BCUT2D eigenvalue weighted by molar-refractivity contribution is 6.81. The summed E-state index contributed by atoms with van der Waals surface area (Å²) in [7, 11) is -1.15. The lowest BCUT2D eigenvalue weighted by Crippen LogP contribution is -2.20. The van der Waals surface area contributed by atoms with E-state index in [1.165, 1.54) is 12.1 Å². The first kappa shape index (κ1) is 16.3. The van der Waals surface area contributed by atoms with E-state index in [1.54, 1.807) is 5.57 Å². The van der Waals surface area contributed by atoms with Crippen molar-refractivity contribution < 1.29 is 0 Å². The van der Waals surface area contributed by atoms with Crippen LogP contribution < -0.4 is 0 Å². The van der Waals surface area contributed by atoms with E-state index < -0.39 is 8.07 Å². The van der Waals surface area contributed by atoms with Gasteiger partial charge in [0.25, 0.3) is 0 Å². The van der Waals surface area contributed by atoms with Crippen molar-refractivity contribution in [2.24, 2.45) is 5.92 Å². The molecule has 1 saturated heterocycles. The van der Waals surface area contributed by atoms with E-state index in [9.17, 15) is 0 Å². The minimum atomic E-state index is -1.15. The maximum absolute atomic E-state index is 2.61. The monoisotopic (exact) mass is 299 g/mol. The Hall–Kier alpha value is -1.12. The lowest BCUT2D eigenvalue weighted by atomic mass is 10.0. The largest absolute Gasteiger partial charge is 0.294 e. The zero-order chi connectivity index (χ0) is 15.3. The van der Waals surface area contributed by atoms with Gasteiger partial charge in [0.05, 0.1) is 8.07 Å². The van der Waals surface area contributed by atoms with E-state index in [1.807, 2.05) is 0 Å². The molecule has 1 aromatic carbocycles. The third-order valence-electron chi connectivity index (χ3n) is 3.81. The molecule has 0 amide bonds. The van der Waals surface area contributed by atoms with Gasteiger partial charge in [0.15, 0.2) is 0 Å². The number of likely N-dealkylation sites (tertiary alicyclic amines) is 1. The molecule has 0 saturated carbocycles. The van der Waals surface area contributed by atoms with Gasteiger partial charge in [-0.3, -0.25) is 4.90 Å². The number of benzene rings is 1. The normalized spacial score (nSPS) is 22.5. The molecule has 0 N–H and O–H groups in total. The summed E-state index contributed by atoms with van der Waals surface area (Å²) in [5.41, 5.74) is 5.68. The molecule has 1 aromatic rings. The standard InChI is InChI=1S/C19H29NSi/c1-5-6-12-18-14-20(13-17-10-8-7-9-11-17)15-19(18)16-21(2,3)4/h6-12,16,18H,5,13-15H2,1-4H3/b12-6+,19-16+/t18-/m0/s1. The summed E-state index contributed by atoms with van der Waals surface area (Å²) in [5.74, 6) is 0.625. The van der Waals surface area contributed by atoms with Gasteiger partial charge < -0.3 is 0 Å². The van der Waals surface area contributed by atoms with E-state index in [4.69, 9.17) is 0 Å². The fourth-order valence-corrected chi connectivity index (χ4v) is 4.41. The minimum absolute atomic E-state index is 0.625. The summed E-state index contributed by atoms with van der Waals surface area (Å²) in [6, 6.07) is 10.8. The molecule has 0 radical (unpaired) electrons. The molecule has 0 aliphatic carbocycles. The number of hydrogen-bond donors (Lipinski definition) is 0. The topological polar surface area (TPSA) is 3.24 Å². The maximum Gasteiger partial charge on any atom is 0.0687 e. The van der Waals surface area contributed by atoms with Gasteiger partial charge in [-0.1, -0.05) is 80.3 Å². The molecular weight excluding hydrogens is 270 g/mol. The van der Waals surface area contributed by atoms with Gasteiger partial charge in [0.2, 0.25) is 0 Å². The molecule has 1 atom stereocenters. The Bertz CT molecular complexity index is 496. The average Bonchev–Trinajstić information content (AvgIpc) is 2.77. The third kappa shape index (κ3) is 5.29. The van der Waals surface area contributed by atoms with E-state index >= 15 is 0 Å². The zero-order valence-corrected chi connectivity index (χ0v) is 15.0. The number of nitrogens with zero attached hydrogens (tertiary/aromatic N) is 1. The Labute approximate surface area is 131 Å². The second kappa shape index (κ2) is 7.23. The Morgan fingerprint density at radius 3 is 2.52 bits per heavy atom. The molecule has 2 heteroatoms.